The zero-order chi connectivity index (χ0) is 3.70. The van der Waals surface area contributed by atoms with Crippen LogP contribution < -0.4 is 0 Å². The quantitative estimate of drug-likeness (QED) is 0.287. The van der Waals surface area contributed by atoms with Crippen LogP contribution in [-0.2, 0) is 4.53 Å². The number of rotatable bonds is 1. The lowest BCUT2D eigenvalue weighted by Crippen LogP contribution is -1.90. The fourth-order valence-electron chi connectivity index (χ4n) is 0.223. The van der Waals surface area contributed by atoms with E-state index >= 15 is 0 Å². The molecule has 1 aliphatic heterocycles. The molecule has 0 saturated carbocycles. The van der Waals surface area contributed by atoms with Crippen molar-refractivity contribution >= 4 is 10.5 Å². The van der Waals surface area contributed by atoms with Gasteiger partial charge in [-0.15, -0.1) is 0 Å². The fraction of sp³-hybridized carbons (Fsp3) is 1.00. The molecule has 0 spiro atoms. The first-order valence-corrected chi connectivity index (χ1v) is 2.54. The van der Waals surface area contributed by atoms with Crippen LogP contribution in [0.5, 0.6) is 0 Å². The van der Waals surface area contributed by atoms with Gasteiger partial charge in [0.1, 0.15) is 0 Å². The van der Waals surface area contributed by atoms with Crippen LogP contribution in [0.1, 0.15) is 0 Å². The SMILES string of the molecule is [SiH3]ON1CC1. The molecule has 1 heterocycles. The standard InChI is InChI=1S/C2H7NOSi/c5-4-3-1-2-3/h1-2H2,5H3. The Morgan fingerprint density at radius 3 is 2.20 bits per heavy atom. The highest BCUT2D eigenvalue weighted by atomic mass is 28.2. The van der Waals surface area contributed by atoms with Crippen molar-refractivity contribution in [1.82, 2.24) is 5.06 Å². The highest BCUT2D eigenvalue weighted by molar-refractivity contribution is 5.97. The van der Waals surface area contributed by atoms with E-state index in [1.165, 1.54) is 0 Å². The smallest absolute Gasteiger partial charge is 0.175 e. The van der Waals surface area contributed by atoms with Crippen LogP contribution >= 0.6 is 0 Å². The van der Waals surface area contributed by atoms with Crippen LogP contribution in [0.2, 0.25) is 0 Å². The molecule has 5 heavy (non-hydrogen) atoms. The predicted molar refractivity (Wildman–Crippen MR) is 22.6 cm³/mol. The first-order chi connectivity index (χ1) is 2.43. The van der Waals surface area contributed by atoms with E-state index in [4.69, 9.17) is 4.53 Å². The fourth-order valence-corrected chi connectivity index (χ4v) is 0.589. The zero-order valence-electron chi connectivity index (χ0n) is 3.27. The number of hydroxylamine groups is 2. The van der Waals surface area contributed by atoms with Gasteiger partial charge < -0.3 is 4.53 Å². The van der Waals surface area contributed by atoms with Crippen LogP contribution in [-0.4, -0.2) is 28.6 Å². The van der Waals surface area contributed by atoms with Crippen LogP contribution in [0, 0.1) is 0 Å². The minimum Gasteiger partial charge on any atom is -0.354 e. The summed E-state index contributed by atoms with van der Waals surface area (Å²) < 4.78 is 4.83. The molecule has 0 N–H and O–H groups in total. The van der Waals surface area contributed by atoms with Crippen molar-refractivity contribution in [3.05, 3.63) is 0 Å². The van der Waals surface area contributed by atoms with Crippen LogP contribution in [0.25, 0.3) is 0 Å². The molecule has 0 aliphatic carbocycles. The predicted octanol–water partition coefficient (Wildman–Crippen LogP) is -1.49. The van der Waals surface area contributed by atoms with Gasteiger partial charge in [-0.1, -0.05) is 0 Å². The second kappa shape index (κ2) is 1.08. The van der Waals surface area contributed by atoms with Crippen molar-refractivity contribution in [3.63, 3.8) is 0 Å². The molecule has 0 aromatic rings. The molecule has 0 aromatic carbocycles. The van der Waals surface area contributed by atoms with Gasteiger partial charge in [0, 0.05) is 13.1 Å². The summed E-state index contributed by atoms with van der Waals surface area (Å²) in [4.78, 5) is 0. The maximum absolute atomic E-state index is 4.83. The van der Waals surface area contributed by atoms with Gasteiger partial charge in [0.15, 0.2) is 10.5 Å². The first kappa shape index (κ1) is 3.33. The Kier molecular flexibility index (Phi) is 0.720. The highest BCUT2D eigenvalue weighted by Gasteiger charge is 2.13. The molecule has 1 saturated heterocycles. The van der Waals surface area contributed by atoms with Crippen molar-refractivity contribution in [2.45, 2.75) is 0 Å². The van der Waals surface area contributed by atoms with Crippen LogP contribution in [0.15, 0.2) is 0 Å². The Hall–Kier alpha value is 0.137. The van der Waals surface area contributed by atoms with Crippen molar-refractivity contribution in [2.24, 2.45) is 0 Å². The Labute approximate surface area is 34.2 Å². The summed E-state index contributed by atoms with van der Waals surface area (Å²) in [5.41, 5.74) is 0. The third-order valence-corrected chi connectivity index (χ3v) is 1.18. The summed E-state index contributed by atoms with van der Waals surface area (Å²) in [6.07, 6.45) is 0. The molecule has 2 nitrogen and oxygen atoms in total. The van der Waals surface area contributed by atoms with Gasteiger partial charge >= 0.3 is 0 Å². The molecule has 0 radical (unpaired) electrons. The van der Waals surface area contributed by atoms with E-state index in [0.29, 0.717) is 0 Å². The van der Waals surface area contributed by atoms with Crippen LogP contribution in [0.3, 0.4) is 0 Å². The Bertz CT molecular complexity index is 36.6. The first-order valence-electron chi connectivity index (χ1n) is 1.72. The number of hydrogen-bond acceptors (Lipinski definition) is 2. The number of hydrogen-bond donors (Lipinski definition) is 0. The van der Waals surface area contributed by atoms with Gasteiger partial charge in [-0.05, 0) is 0 Å². The molecule has 0 atom stereocenters. The molecule has 1 rings (SSSR count). The summed E-state index contributed by atoms with van der Waals surface area (Å²) in [5.74, 6) is 0. The van der Waals surface area contributed by atoms with E-state index in [9.17, 15) is 0 Å². The van der Waals surface area contributed by atoms with Crippen LogP contribution in [0.4, 0.5) is 0 Å². The summed E-state index contributed by atoms with van der Waals surface area (Å²) >= 11 is 0. The van der Waals surface area contributed by atoms with Crippen molar-refractivity contribution in [3.8, 4) is 0 Å². The van der Waals surface area contributed by atoms with Gasteiger partial charge in [0.05, 0.1) is 0 Å². The zero-order valence-corrected chi connectivity index (χ0v) is 5.27. The van der Waals surface area contributed by atoms with Gasteiger partial charge in [0.2, 0.25) is 0 Å². The second-order valence-electron chi connectivity index (χ2n) is 1.11. The van der Waals surface area contributed by atoms with E-state index < -0.39 is 0 Å². The summed E-state index contributed by atoms with van der Waals surface area (Å²) in [7, 11) is 0.862. The molecule has 1 aliphatic rings. The molecule has 1 fully saturated rings. The van der Waals surface area contributed by atoms with Gasteiger partial charge in [-0.3, -0.25) is 0 Å². The van der Waals surface area contributed by atoms with E-state index in [2.05, 4.69) is 0 Å². The summed E-state index contributed by atoms with van der Waals surface area (Å²) in [5, 5.41) is 1.94. The van der Waals surface area contributed by atoms with Gasteiger partial charge in [0.25, 0.3) is 0 Å². The van der Waals surface area contributed by atoms with Gasteiger partial charge in [-0.2, -0.15) is 5.06 Å². The highest BCUT2D eigenvalue weighted by Crippen LogP contribution is 1.98. The maximum atomic E-state index is 4.83. The average molecular weight is 89.2 g/mol. The molecule has 0 bridgehead atoms. The minimum absolute atomic E-state index is 0.862. The third kappa shape index (κ3) is 0.716. The van der Waals surface area contributed by atoms with E-state index in [-0.39, 0.29) is 0 Å². The number of nitrogens with zero attached hydrogens (tertiary/aromatic N) is 1. The lowest BCUT2D eigenvalue weighted by atomic mass is 11.0. The second-order valence-corrected chi connectivity index (χ2v) is 1.48. The van der Waals surface area contributed by atoms with Crippen molar-refractivity contribution < 1.29 is 4.53 Å². The maximum Gasteiger partial charge on any atom is 0.175 e. The summed E-state index contributed by atoms with van der Waals surface area (Å²) in [6, 6.07) is 0. The topological polar surface area (TPSA) is 12.2 Å². The molecule has 0 amide bonds. The van der Waals surface area contributed by atoms with E-state index in [1.54, 1.807) is 0 Å². The largest absolute Gasteiger partial charge is 0.354 e. The summed E-state index contributed by atoms with van der Waals surface area (Å²) in [6.45, 7) is 2.31. The van der Waals surface area contributed by atoms with Gasteiger partial charge in [-0.25, -0.2) is 0 Å². The Morgan fingerprint density at radius 1 is 1.60 bits per heavy atom. The van der Waals surface area contributed by atoms with Crippen molar-refractivity contribution in [1.29, 1.82) is 0 Å². The lowest BCUT2D eigenvalue weighted by Gasteiger charge is -1.87. The molecule has 3 heteroatoms. The molecular weight excluding hydrogens is 82.1 g/mol. The Balaban J connectivity index is 2.00. The molecular formula is C2H7NOSi. The van der Waals surface area contributed by atoms with E-state index in [1.807, 2.05) is 5.06 Å². The molecule has 30 valence electrons. The van der Waals surface area contributed by atoms with Crippen molar-refractivity contribution in [2.75, 3.05) is 13.1 Å². The lowest BCUT2D eigenvalue weighted by molar-refractivity contribution is 0.0835. The van der Waals surface area contributed by atoms with E-state index in [0.717, 1.165) is 23.6 Å². The molecule has 0 aromatic heterocycles. The molecule has 0 unspecified atom stereocenters. The third-order valence-electron chi connectivity index (χ3n) is 0.664. The monoisotopic (exact) mass is 89.0 g/mol. The minimum atomic E-state index is 0.862. The Morgan fingerprint density at radius 2 is 2.20 bits per heavy atom. The average Bonchev–Trinajstić information content (AvgIpc) is 2.12. The normalized spacial score (nSPS) is 24.0.